The zero-order valence-corrected chi connectivity index (χ0v) is 15.2. The van der Waals surface area contributed by atoms with Crippen molar-refractivity contribution in [1.82, 2.24) is 14.7 Å². The monoisotopic (exact) mass is 374 g/mol. The lowest BCUT2D eigenvalue weighted by atomic mass is 9.97. The van der Waals surface area contributed by atoms with Gasteiger partial charge in [0.25, 0.3) is 0 Å². The zero-order chi connectivity index (χ0) is 19.4. The molecule has 2 N–H and O–H groups in total. The summed E-state index contributed by atoms with van der Waals surface area (Å²) in [5.74, 6) is -1.55. The topological polar surface area (TPSA) is 87.5 Å². The predicted molar refractivity (Wildman–Crippen MR) is 98.5 cm³/mol. The van der Waals surface area contributed by atoms with Crippen LogP contribution in [-0.4, -0.2) is 44.9 Å². The van der Waals surface area contributed by atoms with Crippen molar-refractivity contribution in [3.63, 3.8) is 0 Å². The largest absolute Gasteiger partial charge is 0.481 e. The van der Waals surface area contributed by atoms with Gasteiger partial charge < -0.3 is 15.3 Å². The van der Waals surface area contributed by atoms with Gasteiger partial charge in [-0.2, -0.15) is 5.10 Å². The van der Waals surface area contributed by atoms with Gasteiger partial charge in [0.1, 0.15) is 5.82 Å². The Bertz CT molecular complexity index is 828. The number of aromatic nitrogens is 2. The van der Waals surface area contributed by atoms with E-state index in [2.05, 4.69) is 10.4 Å². The van der Waals surface area contributed by atoms with E-state index in [-0.39, 0.29) is 17.8 Å². The Kier molecular flexibility index (Phi) is 5.73. The Labute approximate surface area is 156 Å². The van der Waals surface area contributed by atoms with Crippen molar-refractivity contribution in [2.75, 3.05) is 18.4 Å². The molecule has 1 fully saturated rings. The molecule has 0 spiro atoms. The molecule has 0 aliphatic carbocycles. The number of amides is 2. The van der Waals surface area contributed by atoms with Crippen LogP contribution < -0.4 is 5.32 Å². The van der Waals surface area contributed by atoms with Crippen LogP contribution in [0.3, 0.4) is 0 Å². The van der Waals surface area contributed by atoms with Gasteiger partial charge in [-0.25, -0.2) is 13.9 Å². The van der Waals surface area contributed by atoms with E-state index in [1.807, 2.05) is 6.92 Å². The van der Waals surface area contributed by atoms with E-state index >= 15 is 0 Å². The highest BCUT2D eigenvalue weighted by Gasteiger charge is 2.27. The van der Waals surface area contributed by atoms with Crippen molar-refractivity contribution in [2.45, 2.75) is 32.6 Å². The van der Waals surface area contributed by atoms with E-state index in [4.69, 9.17) is 5.11 Å². The van der Waals surface area contributed by atoms with Gasteiger partial charge in [0.05, 0.1) is 29.2 Å². The lowest BCUT2D eigenvalue weighted by Gasteiger charge is -2.30. The molecular weight excluding hydrogens is 351 g/mol. The molecule has 8 heteroatoms. The summed E-state index contributed by atoms with van der Waals surface area (Å²) in [5.41, 5.74) is 1.99. The predicted octanol–water partition coefficient (Wildman–Crippen LogP) is 3.29. The number of rotatable bonds is 5. The molecule has 7 nitrogen and oxygen atoms in total. The summed E-state index contributed by atoms with van der Waals surface area (Å²) in [6.45, 7) is 2.83. The number of piperidine rings is 1. The standard InChI is InChI=1S/C19H23FN4O3/c1-2-4-17-16(12-21-24(17)15-6-3-5-14(20)11-15)22-19(27)23-9-7-13(8-10-23)18(25)26/h3,5-6,11-13H,2,4,7-10H2,1H3,(H,22,27)(H,25,26). The number of hydrogen-bond donors (Lipinski definition) is 2. The van der Waals surface area contributed by atoms with Crippen molar-refractivity contribution in [2.24, 2.45) is 5.92 Å². The van der Waals surface area contributed by atoms with Gasteiger partial charge in [-0.3, -0.25) is 4.79 Å². The van der Waals surface area contributed by atoms with Gasteiger partial charge in [-0.05, 0) is 37.5 Å². The van der Waals surface area contributed by atoms with E-state index in [9.17, 15) is 14.0 Å². The third kappa shape index (κ3) is 4.27. The molecule has 1 aromatic heterocycles. The first kappa shape index (κ1) is 18.9. The van der Waals surface area contributed by atoms with Crippen molar-refractivity contribution in [3.8, 4) is 5.69 Å². The van der Waals surface area contributed by atoms with Crippen molar-refractivity contribution < 1.29 is 19.1 Å². The van der Waals surface area contributed by atoms with Crippen molar-refractivity contribution in [1.29, 1.82) is 0 Å². The number of carboxylic acid groups (broad SMARTS) is 1. The molecule has 0 saturated carbocycles. The number of nitrogens with zero attached hydrogens (tertiary/aromatic N) is 3. The van der Waals surface area contributed by atoms with Gasteiger partial charge >= 0.3 is 12.0 Å². The van der Waals surface area contributed by atoms with E-state index in [1.165, 1.54) is 12.1 Å². The Morgan fingerprint density at radius 1 is 1.33 bits per heavy atom. The summed E-state index contributed by atoms with van der Waals surface area (Å²) in [4.78, 5) is 25.2. The molecule has 0 unspecified atom stereocenters. The van der Waals surface area contributed by atoms with E-state index < -0.39 is 5.97 Å². The van der Waals surface area contributed by atoms with Crippen LogP contribution in [-0.2, 0) is 11.2 Å². The number of carbonyl (C=O) groups excluding carboxylic acids is 1. The summed E-state index contributed by atoms with van der Waals surface area (Å²) in [5, 5.41) is 16.3. The number of benzene rings is 1. The number of aliphatic carboxylic acids is 1. The van der Waals surface area contributed by atoms with E-state index in [0.717, 1.165) is 12.1 Å². The number of halogens is 1. The minimum absolute atomic E-state index is 0.269. The van der Waals surface area contributed by atoms with Crippen LogP contribution in [0, 0.1) is 11.7 Å². The highest BCUT2D eigenvalue weighted by atomic mass is 19.1. The average Bonchev–Trinajstić information content (AvgIpc) is 3.04. The van der Waals surface area contributed by atoms with Crippen molar-refractivity contribution in [3.05, 3.63) is 42.0 Å². The van der Waals surface area contributed by atoms with Gasteiger partial charge in [-0.15, -0.1) is 0 Å². The number of carbonyl (C=O) groups is 2. The first-order valence-electron chi connectivity index (χ1n) is 9.11. The molecule has 3 rings (SSSR count). The fraction of sp³-hybridized carbons (Fsp3) is 0.421. The molecule has 144 valence electrons. The maximum absolute atomic E-state index is 13.6. The van der Waals surface area contributed by atoms with E-state index in [0.29, 0.717) is 43.7 Å². The highest BCUT2D eigenvalue weighted by Crippen LogP contribution is 2.23. The van der Waals surface area contributed by atoms with Crippen LogP contribution in [0.1, 0.15) is 31.9 Å². The molecule has 2 heterocycles. The molecule has 1 aliphatic rings. The van der Waals surface area contributed by atoms with Gasteiger partial charge in [-0.1, -0.05) is 19.4 Å². The van der Waals surface area contributed by atoms with Crippen LogP contribution in [0.4, 0.5) is 14.9 Å². The fourth-order valence-corrected chi connectivity index (χ4v) is 3.31. The summed E-state index contributed by atoms with van der Waals surface area (Å²) < 4.78 is 15.2. The van der Waals surface area contributed by atoms with Crippen LogP contribution in [0.2, 0.25) is 0 Å². The molecule has 1 aliphatic heterocycles. The number of likely N-dealkylation sites (tertiary alicyclic amines) is 1. The average molecular weight is 374 g/mol. The second kappa shape index (κ2) is 8.20. The van der Waals surface area contributed by atoms with Crippen LogP contribution >= 0.6 is 0 Å². The summed E-state index contributed by atoms with van der Waals surface area (Å²) in [7, 11) is 0. The third-order valence-electron chi connectivity index (χ3n) is 4.78. The van der Waals surface area contributed by atoms with Gasteiger partial charge in [0, 0.05) is 13.1 Å². The molecule has 0 bridgehead atoms. The SMILES string of the molecule is CCCc1c(NC(=O)N2CCC(C(=O)O)CC2)cnn1-c1cccc(F)c1. The first-order valence-corrected chi connectivity index (χ1v) is 9.11. The van der Waals surface area contributed by atoms with Crippen LogP contribution in [0.15, 0.2) is 30.5 Å². The van der Waals surface area contributed by atoms with Crippen LogP contribution in [0.5, 0.6) is 0 Å². The molecule has 0 radical (unpaired) electrons. The Balaban J connectivity index is 1.75. The number of anilines is 1. The third-order valence-corrected chi connectivity index (χ3v) is 4.78. The molecule has 1 aromatic carbocycles. The van der Waals surface area contributed by atoms with Gasteiger partial charge in [0.2, 0.25) is 0 Å². The summed E-state index contributed by atoms with van der Waals surface area (Å²) in [6, 6.07) is 5.88. The second-order valence-corrected chi connectivity index (χ2v) is 6.68. The van der Waals surface area contributed by atoms with Gasteiger partial charge in [0.15, 0.2) is 0 Å². The minimum Gasteiger partial charge on any atom is -0.481 e. The normalized spacial score (nSPS) is 15.0. The Morgan fingerprint density at radius 3 is 2.70 bits per heavy atom. The lowest BCUT2D eigenvalue weighted by molar-refractivity contribution is -0.143. The highest BCUT2D eigenvalue weighted by molar-refractivity contribution is 5.90. The Hall–Kier alpha value is -2.90. The second-order valence-electron chi connectivity index (χ2n) is 6.68. The number of hydrogen-bond acceptors (Lipinski definition) is 3. The summed E-state index contributed by atoms with van der Waals surface area (Å²) >= 11 is 0. The number of carboxylic acids is 1. The quantitative estimate of drug-likeness (QED) is 0.841. The Morgan fingerprint density at radius 2 is 2.07 bits per heavy atom. The number of nitrogens with one attached hydrogen (secondary N) is 1. The number of urea groups is 1. The molecule has 27 heavy (non-hydrogen) atoms. The molecule has 0 atom stereocenters. The first-order chi connectivity index (χ1) is 13.0. The minimum atomic E-state index is -0.809. The molecule has 1 saturated heterocycles. The smallest absolute Gasteiger partial charge is 0.321 e. The maximum atomic E-state index is 13.6. The maximum Gasteiger partial charge on any atom is 0.321 e. The zero-order valence-electron chi connectivity index (χ0n) is 15.2. The van der Waals surface area contributed by atoms with Crippen LogP contribution in [0.25, 0.3) is 5.69 Å². The fourth-order valence-electron chi connectivity index (χ4n) is 3.31. The molecule has 2 amide bonds. The van der Waals surface area contributed by atoms with E-state index in [1.54, 1.807) is 27.9 Å². The van der Waals surface area contributed by atoms with Crippen molar-refractivity contribution >= 4 is 17.7 Å². The lowest BCUT2D eigenvalue weighted by Crippen LogP contribution is -2.42. The molecule has 2 aromatic rings. The molecular formula is C19H23FN4O3. The summed E-state index contributed by atoms with van der Waals surface area (Å²) in [6.07, 6.45) is 3.99.